The van der Waals surface area contributed by atoms with Crippen molar-refractivity contribution < 1.29 is 32.6 Å². The molecule has 9 N–H and O–H groups in total. The first kappa shape index (κ1) is 36.8. The fourth-order valence-electron chi connectivity index (χ4n) is 4.48. The van der Waals surface area contributed by atoms with E-state index in [0.29, 0.717) is 5.56 Å². The Hall–Kier alpha value is -4.63. The van der Waals surface area contributed by atoms with Gasteiger partial charge >= 0.3 is 5.97 Å². The standard InChI is InChI=1S/C33H42N6O7S/c1-33(2,3)46-19-28(39-47(44,45)20-24-8-5-9-26(15-24)32(42)43)31(41)38-27(16-22-6-4-7-23(14-22)17-34)30(40)37-18-21-10-12-25(13-11-21)29(35)36/h4-15,27-28,39H,16-20,34H2,1-3H3,(H3,35,36)(H,37,40)(H,38,41)(H,42,43)/t27-,28+/m0/s1. The third kappa shape index (κ3) is 12.2. The molecule has 3 aromatic rings. The van der Waals surface area contributed by atoms with Gasteiger partial charge in [-0.3, -0.25) is 15.0 Å². The number of carbonyl (C=O) groups excluding carboxylic acids is 2. The maximum atomic E-state index is 13.7. The number of amides is 2. The summed E-state index contributed by atoms with van der Waals surface area (Å²) in [5.41, 5.74) is 13.5. The number of sulfonamides is 1. The van der Waals surface area contributed by atoms with E-state index in [0.717, 1.165) is 16.7 Å². The van der Waals surface area contributed by atoms with Crippen molar-refractivity contribution in [1.82, 2.24) is 15.4 Å². The summed E-state index contributed by atoms with van der Waals surface area (Å²) < 4.78 is 34.6. The van der Waals surface area contributed by atoms with E-state index in [1.165, 1.54) is 24.3 Å². The van der Waals surface area contributed by atoms with Crippen molar-refractivity contribution in [3.05, 3.63) is 106 Å². The summed E-state index contributed by atoms with van der Waals surface area (Å²) in [6, 6.07) is 16.9. The lowest BCUT2D eigenvalue weighted by Crippen LogP contribution is -2.56. The third-order valence-electron chi connectivity index (χ3n) is 6.88. The van der Waals surface area contributed by atoms with Crippen LogP contribution in [0, 0.1) is 5.41 Å². The summed E-state index contributed by atoms with van der Waals surface area (Å²) in [7, 11) is -4.19. The molecule has 0 unspecified atom stereocenters. The molecule has 2 atom stereocenters. The lowest BCUT2D eigenvalue weighted by molar-refractivity contribution is -0.131. The molecular formula is C33H42N6O7S. The minimum atomic E-state index is -4.19. The number of carboxylic acids is 1. The first-order chi connectivity index (χ1) is 22.0. The van der Waals surface area contributed by atoms with E-state index < -0.39 is 51.2 Å². The molecule has 3 aromatic carbocycles. The Kier molecular flexibility index (Phi) is 12.8. The number of amidine groups is 1. The van der Waals surface area contributed by atoms with Gasteiger partial charge in [0.05, 0.1) is 23.5 Å². The molecule has 0 saturated heterocycles. The predicted octanol–water partition coefficient (Wildman–Crippen LogP) is 1.77. The Morgan fingerprint density at radius 2 is 1.51 bits per heavy atom. The lowest BCUT2D eigenvalue weighted by Gasteiger charge is -2.26. The van der Waals surface area contributed by atoms with Crippen molar-refractivity contribution in [2.75, 3.05) is 6.61 Å². The third-order valence-corrected chi connectivity index (χ3v) is 8.24. The lowest BCUT2D eigenvalue weighted by atomic mass is 10.0. The predicted molar refractivity (Wildman–Crippen MR) is 178 cm³/mol. The molecule has 0 aliphatic rings. The number of carbonyl (C=O) groups is 3. The molecule has 0 spiro atoms. The highest BCUT2D eigenvalue weighted by Crippen LogP contribution is 2.13. The minimum absolute atomic E-state index is 0.0783. The molecule has 0 heterocycles. The molecule has 0 aliphatic heterocycles. The van der Waals surface area contributed by atoms with E-state index in [9.17, 15) is 27.9 Å². The van der Waals surface area contributed by atoms with Crippen LogP contribution in [0.5, 0.6) is 0 Å². The Morgan fingerprint density at radius 3 is 2.13 bits per heavy atom. The van der Waals surface area contributed by atoms with E-state index >= 15 is 0 Å². The van der Waals surface area contributed by atoms with E-state index in [2.05, 4.69) is 15.4 Å². The Balaban J connectivity index is 1.84. The highest BCUT2D eigenvalue weighted by atomic mass is 32.2. The number of nitrogen functional groups attached to an aromatic ring is 1. The molecule has 0 saturated carbocycles. The van der Waals surface area contributed by atoms with Crippen molar-refractivity contribution in [2.24, 2.45) is 11.5 Å². The second-order valence-corrected chi connectivity index (χ2v) is 13.7. The average molecular weight is 667 g/mol. The van der Waals surface area contributed by atoms with E-state index in [4.69, 9.17) is 21.6 Å². The first-order valence-electron chi connectivity index (χ1n) is 14.8. The topological polar surface area (TPSA) is 227 Å². The van der Waals surface area contributed by atoms with Crippen molar-refractivity contribution >= 4 is 33.6 Å². The van der Waals surface area contributed by atoms with Crippen LogP contribution in [0.3, 0.4) is 0 Å². The molecule has 14 heteroatoms. The highest BCUT2D eigenvalue weighted by Gasteiger charge is 2.31. The zero-order valence-corrected chi connectivity index (χ0v) is 27.4. The van der Waals surface area contributed by atoms with Crippen molar-refractivity contribution in [2.45, 2.75) is 63.7 Å². The van der Waals surface area contributed by atoms with Crippen LogP contribution in [0.2, 0.25) is 0 Å². The zero-order valence-electron chi connectivity index (χ0n) is 26.6. The van der Waals surface area contributed by atoms with Crippen molar-refractivity contribution in [3.63, 3.8) is 0 Å². The number of aromatic carboxylic acids is 1. The van der Waals surface area contributed by atoms with E-state index in [1.807, 2.05) is 12.1 Å². The molecule has 0 aromatic heterocycles. The summed E-state index contributed by atoms with van der Waals surface area (Å²) in [5.74, 6) is -3.19. The summed E-state index contributed by atoms with van der Waals surface area (Å²) in [4.78, 5) is 38.6. The minimum Gasteiger partial charge on any atom is -0.478 e. The second-order valence-electron chi connectivity index (χ2n) is 12.0. The monoisotopic (exact) mass is 666 g/mol. The van der Waals surface area contributed by atoms with Crippen LogP contribution < -0.4 is 26.8 Å². The molecule has 0 fully saturated rings. The van der Waals surface area contributed by atoms with E-state index in [-0.39, 0.29) is 43.1 Å². The zero-order chi connectivity index (χ0) is 34.8. The van der Waals surface area contributed by atoms with Gasteiger partial charge in [0.25, 0.3) is 0 Å². The van der Waals surface area contributed by atoms with Crippen LogP contribution in [-0.2, 0) is 49.6 Å². The summed E-state index contributed by atoms with van der Waals surface area (Å²) in [5, 5.41) is 22.3. The maximum absolute atomic E-state index is 13.7. The molecule has 0 bridgehead atoms. The summed E-state index contributed by atoms with van der Waals surface area (Å²) >= 11 is 0. The SMILES string of the molecule is CC(C)(C)OC[C@@H](NS(=O)(=O)Cc1cccc(C(=O)O)c1)C(=O)N[C@@H](Cc1cccc(CN)c1)C(=O)NCc1ccc(C(=N)N)cc1. The second kappa shape index (κ2) is 16.3. The van der Waals surface area contributed by atoms with Crippen LogP contribution >= 0.6 is 0 Å². The number of hydrogen-bond acceptors (Lipinski definition) is 8. The van der Waals surface area contributed by atoms with Gasteiger partial charge in [0, 0.05) is 25.1 Å². The van der Waals surface area contributed by atoms with Gasteiger partial charge in [0.15, 0.2) is 0 Å². The number of hydrogen-bond donors (Lipinski definition) is 7. The Morgan fingerprint density at radius 1 is 0.872 bits per heavy atom. The maximum Gasteiger partial charge on any atom is 0.335 e. The van der Waals surface area contributed by atoms with Crippen molar-refractivity contribution in [1.29, 1.82) is 5.41 Å². The highest BCUT2D eigenvalue weighted by molar-refractivity contribution is 7.88. The van der Waals surface area contributed by atoms with Gasteiger partial charge in [-0.25, -0.2) is 17.9 Å². The molecule has 0 radical (unpaired) electrons. The fraction of sp³-hybridized carbons (Fsp3) is 0.333. The number of benzene rings is 3. The van der Waals surface area contributed by atoms with Crippen LogP contribution in [-0.4, -0.2) is 61.4 Å². The number of carboxylic acid groups (broad SMARTS) is 1. The van der Waals surface area contributed by atoms with Crippen LogP contribution in [0.15, 0.2) is 72.8 Å². The van der Waals surface area contributed by atoms with Crippen LogP contribution in [0.25, 0.3) is 0 Å². The first-order valence-corrected chi connectivity index (χ1v) is 16.5. The molecule has 252 valence electrons. The molecule has 47 heavy (non-hydrogen) atoms. The van der Waals surface area contributed by atoms with Gasteiger partial charge in [-0.15, -0.1) is 0 Å². The van der Waals surface area contributed by atoms with Gasteiger partial charge in [0.2, 0.25) is 21.8 Å². The largest absolute Gasteiger partial charge is 0.478 e. The Labute approximate surface area is 274 Å². The van der Waals surface area contributed by atoms with Crippen LogP contribution in [0.4, 0.5) is 0 Å². The number of rotatable bonds is 16. The molecular weight excluding hydrogens is 624 g/mol. The summed E-state index contributed by atoms with van der Waals surface area (Å²) in [6.45, 7) is 5.29. The molecule has 2 amide bonds. The fourth-order valence-corrected chi connectivity index (χ4v) is 5.79. The van der Waals surface area contributed by atoms with Gasteiger partial charge in [-0.05, 0) is 55.2 Å². The molecule has 13 nitrogen and oxygen atoms in total. The van der Waals surface area contributed by atoms with Gasteiger partial charge in [-0.2, -0.15) is 0 Å². The average Bonchev–Trinajstić information content (AvgIpc) is 3.01. The quantitative estimate of drug-likeness (QED) is 0.0872. The summed E-state index contributed by atoms with van der Waals surface area (Å²) in [6.07, 6.45) is 0.0796. The van der Waals surface area contributed by atoms with Crippen LogP contribution in [0.1, 0.15) is 58.9 Å². The van der Waals surface area contributed by atoms with Gasteiger partial charge < -0.3 is 31.9 Å². The van der Waals surface area contributed by atoms with E-state index in [1.54, 1.807) is 57.2 Å². The number of nitrogens with two attached hydrogens (primary N) is 2. The number of ether oxygens (including phenoxy) is 1. The number of nitrogens with one attached hydrogen (secondary N) is 4. The van der Waals surface area contributed by atoms with Gasteiger partial charge in [0.1, 0.15) is 17.9 Å². The smallest absolute Gasteiger partial charge is 0.335 e. The molecule has 3 rings (SSSR count). The van der Waals surface area contributed by atoms with Gasteiger partial charge in [-0.1, -0.05) is 60.7 Å². The normalized spacial score (nSPS) is 12.9. The van der Waals surface area contributed by atoms with Crippen molar-refractivity contribution in [3.8, 4) is 0 Å². The Bertz CT molecular complexity index is 1690. The molecule has 0 aliphatic carbocycles.